The van der Waals surface area contributed by atoms with E-state index in [2.05, 4.69) is 5.32 Å². The standard InChI is InChI=1S/C17H14Cl2FNO3/c18-13-5-2-6-14(19)12(13)9-15(17(23)24)21-16(22)8-10-3-1-4-11(20)7-10/h1-7,15H,8-9H2,(H,21,22)(H,23,24)/t15-/m0/s1. The molecule has 0 bridgehead atoms. The van der Waals surface area contributed by atoms with E-state index in [0.29, 0.717) is 21.2 Å². The zero-order chi connectivity index (χ0) is 17.7. The van der Waals surface area contributed by atoms with Gasteiger partial charge in [0.15, 0.2) is 0 Å². The molecule has 2 rings (SSSR count). The van der Waals surface area contributed by atoms with Crippen LogP contribution >= 0.6 is 23.2 Å². The molecule has 0 radical (unpaired) electrons. The van der Waals surface area contributed by atoms with E-state index in [1.165, 1.54) is 18.2 Å². The van der Waals surface area contributed by atoms with Crippen LogP contribution in [0.3, 0.4) is 0 Å². The number of halogens is 3. The van der Waals surface area contributed by atoms with Crippen LogP contribution in [0.1, 0.15) is 11.1 Å². The molecule has 0 saturated carbocycles. The fraction of sp³-hybridized carbons (Fsp3) is 0.176. The van der Waals surface area contributed by atoms with Crippen LogP contribution in [0, 0.1) is 5.82 Å². The second kappa shape index (κ2) is 8.13. The Labute approximate surface area is 148 Å². The molecule has 2 N–H and O–H groups in total. The highest BCUT2D eigenvalue weighted by Gasteiger charge is 2.23. The lowest BCUT2D eigenvalue weighted by molar-refractivity contribution is -0.141. The highest BCUT2D eigenvalue weighted by Crippen LogP contribution is 2.25. The smallest absolute Gasteiger partial charge is 0.326 e. The van der Waals surface area contributed by atoms with Crippen molar-refractivity contribution in [3.8, 4) is 0 Å². The summed E-state index contributed by atoms with van der Waals surface area (Å²) in [6, 6.07) is 9.20. The Bertz CT molecular complexity index is 747. The molecule has 0 saturated heterocycles. The molecule has 0 fully saturated rings. The normalized spacial score (nSPS) is 11.8. The predicted octanol–water partition coefficient (Wildman–Crippen LogP) is 3.49. The Morgan fingerprint density at radius 2 is 1.75 bits per heavy atom. The molecule has 0 unspecified atom stereocenters. The van der Waals surface area contributed by atoms with Gasteiger partial charge in [0, 0.05) is 16.5 Å². The summed E-state index contributed by atoms with van der Waals surface area (Å²) in [4.78, 5) is 23.4. The molecular formula is C17H14Cl2FNO3. The van der Waals surface area contributed by atoms with Crippen LogP contribution in [0.4, 0.5) is 4.39 Å². The monoisotopic (exact) mass is 369 g/mol. The van der Waals surface area contributed by atoms with Crippen molar-refractivity contribution in [3.05, 3.63) is 69.5 Å². The van der Waals surface area contributed by atoms with E-state index in [4.69, 9.17) is 23.2 Å². The van der Waals surface area contributed by atoms with Gasteiger partial charge in [0.05, 0.1) is 6.42 Å². The summed E-state index contributed by atoms with van der Waals surface area (Å²) in [5.74, 6) is -2.20. The predicted molar refractivity (Wildman–Crippen MR) is 89.8 cm³/mol. The first kappa shape index (κ1) is 18.2. The van der Waals surface area contributed by atoms with Crippen molar-refractivity contribution in [2.45, 2.75) is 18.9 Å². The zero-order valence-electron chi connectivity index (χ0n) is 12.4. The molecule has 0 heterocycles. The number of aliphatic carboxylic acids is 1. The van der Waals surface area contributed by atoms with Crippen LogP contribution in [0.15, 0.2) is 42.5 Å². The molecule has 0 aliphatic rings. The van der Waals surface area contributed by atoms with Crippen LogP contribution in [0.2, 0.25) is 10.0 Å². The van der Waals surface area contributed by atoms with E-state index in [9.17, 15) is 19.1 Å². The molecule has 24 heavy (non-hydrogen) atoms. The number of carbonyl (C=O) groups excluding carboxylic acids is 1. The topological polar surface area (TPSA) is 66.4 Å². The fourth-order valence-corrected chi connectivity index (χ4v) is 2.76. The van der Waals surface area contributed by atoms with Gasteiger partial charge < -0.3 is 10.4 Å². The number of nitrogens with one attached hydrogen (secondary N) is 1. The van der Waals surface area contributed by atoms with Crippen molar-refractivity contribution >= 4 is 35.1 Å². The van der Waals surface area contributed by atoms with Crippen LogP contribution < -0.4 is 5.32 Å². The summed E-state index contributed by atoms with van der Waals surface area (Å²) in [5.41, 5.74) is 0.895. The van der Waals surface area contributed by atoms with Gasteiger partial charge in [0.25, 0.3) is 0 Å². The Kier molecular flexibility index (Phi) is 6.17. The molecule has 1 atom stereocenters. The van der Waals surface area contributed by atoms with Crippen molar-refractivity contribution in [1.29, 1.82) is 0 Å². The molecule has 1 amide bonds. The molecule has 0 aliphatic carbocycles. The summed E-state index contributed by atoms with van der Waals surface area (Å²) in [5, 5.41) is 12.4. The van der Waals surface area contributed by atoms with Crippen LogP contribution in [0.25, 0.3) is 0 Å². The molecule has 0 aliphatic heterocycles. The summed E-state index contributed by atoms with van der Waals surface area (Å²) >= 11 is 12.1. The van der Waals surface area contributed by atoms with E-state index < -0.39 is 23.7 Å². The van der Waals surface area contributed by atoms with Crippen molar-refractivity contribution in [3.63, 3.8) is 0 Å². The van der Waals surface area contributed by atoms with Gasteiger partial charge in [-0.2, -0.15) is 0 Å². The lowest BCUT2D eigenvalue weighted by atomic mass is 10.0. The van der Waals surface area contributed by atoms with E-state index >= 15 is 0 Å². The van der Waals surface area contributed by atoms with Crippen LogP contribution in [0.5, 0.6) is 0 Å². The third-order valence-electron chi connectivity index (χ3n) is 3.36. The van der Waals surface area contributed by atoms with Gasteiger partial charge in [0.1, 0.15) is 11.9 Å². The first-order valence-corrected chi connectivity index (χ1v) is 7.82. The fourth-order valence-electron chi connectivity index (χ4n) is 2.21. The quantitative estimate of drug-likeness (QED) is 0.818. The number of carboxylic acid groups (broad SMARTS) is 1. The van der Waals surface area contributed by atoms with Gasteiger partial charge in [-0.3, -0.25) is 4.79 Å². The zero-order valence-corrected chi connectivity index (χ0v) is 13.9. The van der Waals surface area contributed by atoms with Crippen LogP contribution in [-0.4, -0.2) is 23.0 Å². The Balaban J connectivity index is 2.08. The van der Waals surface area contributed by atoms with Gasteiger partial charge in [-0.25, -0.2) is 9.18 Å². The summed E-state index contributed by atoms with van der Waals surface area (Å²) < 4.78 is 13.1. The van der Waals surface area contributed by atoms with Crippen molar-refractivity contribution in [1.82, 2.24) is 5.32 Å². The number of carbonyl (C=O) groups is 2. The number of hydrogen-bond donors (Lipinski definition) is 2. The molecule has 126 valence electrons. The third-order valence-corrected chi connectivity index (χ3v) is 4.07. The average molecular weight is 370 g/mol. The lowest BCUT2D eigenvalue weighted by Crippen LogP contribution is -2.43. The summed E-state index contributed by atoms with van der Waals surface area (Å²) in [6.45, 7) is 0. The maximum Gasteiger partial charge on any atom is 0.326 e. The SMILES string of the molecule is O=C(Cc1cccc(F)c1)N[C@@H](Cc1c(Cl)cccc1Cl)C(=O)O. The maximum absolute atomic E-state index is 13.1. The van der Waals surface area contributed by atoms with E-state index in [1.54, 1.807) is 24.3 Å². The van der Waals surface area contributed by atoms with Gasteiger partial charge in [-0.15, -0.1) is 0 Å². The molecular weight excluding hydrogens is 356 g/mol. The minimum Gasteiger partial charge on any atom is -0.480 e. The van der Waals surface area contributed by atoms with Gasteiger partial charge in [0.2, 0.25) is 5.91 Å². The Morgan fingerprint density at radius 1 is 1.12 bits per heavy atom. The number of carboxylic acids is 1. The minimum absolute atomic E-state index is 0.0528. The number of amides is 1. The van der Waals surface area contributed by atoms with E-state index in [-0.39, 0.29) is 12.8 Å². The first-order chi connectivity index (χ1) is 11.4. The number of benzene rings is 2. The van der Waals surface area contributed by atoms with E-state index in [1.807, 2.05) is 0 Å². The highest BCUT2D eigenvalue weighted by molar-refractivity contribution is 6.36. The highest BCUT2D eigenvalue weighted by atomic mass is 35.5. The molecule has 7 heteroatoms. The molecule has 2 aromatic carbocycles. The van der Waals surface area contributed by atoms with Gasteiger partial charge in [-0.05, 0) is 35.4 Å². The van der Waals surface area contributed by atoms with E-state index in [0.717, 1.165) is 0 Å². The summed E-state index contributed by atoms with van der Waals surface area (Å²) in [7, 11) is 0. The van der Waals surface area contributed by atoms with Crippen molar-refractivity contribution in [2.24, 2.45) is 0 Å². The number of rotatable bonds is 6. The molecule has 0 aromatic heterocycles. The first-order valence-electron chi connectivity index (χ1n) is 7.06. The second-order valence-corrected chi connectivity index (χ2v) is 5.98. The Hall–Kier alpha value is -2.11. The van der Waals surface area contributed by atoms with Gasteiger partial charge in [-0.1, -0.05) is 41.4 Å². The van der Waals surface area contributed by atoms with Crippen molar-refractivity contribution < 1.29 is 19.1 Å². The largest absolute Gasteiger partial charge is 0.480 e. The molecule has 2 aromatic rings. The van der Waals surface area contributed by atoms with Crippen molar-refractivity contribution in [2.75, 3.05) is 0 Å². The average Bonchev–Trinajstić information content (AvgIpc) is 2.49. The lowest BCUT2D eigenvalue weighted by Gasteiger charge is -2.16. The van der Waals surface area contributed by atoms with Crippen LogP contribution in [-0.2, 0) is 22.4 Å². The third kappa shape index (κ3) is 4.94. The number of hydrogen-bond acceptors (Lipinski definition) is 2. The maximum atomic E-state index is 13.1. The Morgan fingerprint density at radius 3 is 2.33 bits per heavy atom. The summed E-state index contributed by atoms with van der Waals surface area (Å²) in [6.07, 6.45) is -0.180. The van der Waals surface area contributed by atoms with Gasteiger partial charge >= 0.3 is 5.97 Å². The minimum atomic E-state index is -1.21. The molecule has 0 spiro atoms. The second-order valence-electron chi connectivity index (χ2n) is 5.17. The molecule has 4 nitrogen and oxygen atoms in total.